The second-order valence-electron chi connectivity index (χ2n) is 22.3. The molecular weight excluding hydrogens is 1230 g/mol. The molecule has 0 fully saturated rings. The van der Waals surface area contributed by atoms with Crippen LogP contribution in [0.3, 0.4) is 0 Å². The molecule has 0 bridgehead atoms. The minimum absolute atomic E-state index is 0. The van der Waals surface area contributed by atoms with E-state index in [1.165, 1.54) is 28.8 Å². The summed E-state index contributed by atoms with van der Waals surface area (Å²) in [4.78, 5) is 32.2. The zero-order valence-corrected chi connectivity index (χ0v) is 55.4. The van der Waals surface area contributed by atoms with Gasteiger partial charge in [-0.05, 0) is 208 Å². The predicted octanol–water partition coefficient (Wildman–Crippen LogP) is 22.9. The molecule has 0 atom stereocenters. The summed E-state index contributed by atoms with van der Waals surface area (Å²) in [5, 5.41) is 28.3. The molecule has 11 rings (SSSR count). The molecule has 484 valence electrons. The van der Waals surface area contributed by atoms with E-state index in [1.54, 1.807) is 26.0 Å². The van der Waals surface area contributed by atoms with Gasteiger partial charge in [0.1, 0.15) is 6.29 Å². The molecule has 98 heavy (non-hydrogen) atoms. The summed E-state index contributed by atoms with van der Waals surface area (Å²) < 4.78 is 22.8. The van der Waals surface area contributed by atoms with E-state index in [-0.39, 0.29) is 43.5 Å². The molecule has 0 spiro atoms. The minimum Gasteiger partial charge on any atom is -0.311 e. The fraction of sp³-hybridized carbons (Fsp3) is 0.106. The monoisotopic (exact) mass is 1300 g/mol. The Morgan fingerprint density at radius 2 is 0.714 bits per heavy atom. The third-order valence-electron chi connectivity index (χ3n) is 15.5. The summed E-state index contributed by atoms with van der Waals surface area (Å²) in [5.41, 5.74) is 19.1. The van der Waals surface area contributed by atoms with Gasteiger partial charge in [0.2, 0.25) is 0 Å². The van der Waals surface area contributed by atoms with Gasteiger partial charge in [-0.25, -0.2) is 4.85 Å². The summed E-state index contributed by atoms with van der Waals surface area (Å²) in [6.07, 6.45) is 9.05. The van der Waals surface area contributed by atoms with Crippen molar-refractivity contribution >= 4 is 101 Å². The van der Waals surface area contributed by atoms with E-state index in [9.17, 15) is 19.4 Å². The van der Waals surface area contributed by atoms with Crippen LogP contribution in [-0.2, 0) is 19.8 Å². The third-order valence-corrected chi connectivity index (χ3v) is 17.6. The Bertz CT molecular complexity index is 4560. The van der Waals surface area contributed by atoms with Crippen molar-refractivity contribution in [3.05, 3.63) is 345 Å². The number of carbonyl (C=O) groups excluding carboxylic acids is 2. The van der Waals surface area contributed by atoms with E-state index < -0.39 is 7.60 Å². The molecule has 0 aliphatic heterocycles. The highest BCUT2D eigenvalue weighted by Gasteiger charge is 2.27. The Hall–Kier alpha value is -12.3. The number of para-hydroxylation sites is 3. The van der Waals surface area contributed by atoms with Crippen molar-refractivity contribution in [3.63, 3.8) is 0 Å². The van der Waals surface area contributed by atoms with Crippen molar-refractivity contribution < 1.29 is 23.2 Å². The molecule has 0 radical (unpaired) electrons. The molecule has 0 saturated carbocycles. The van der Waals surface area contributed by atoms with Gasteiger partial charge in [-0.1, -0.05) is 164 Å². The molecule has 0 aliphatic carbocycles. The first-order valence-corrected chi connectivity index (χ1v) is 33.2. The van der Waals surface area contributed by atoms with E-state index in [1.807, 2.05) is 115 Å². The number of hydrogen-bond donors (Lipinski definition) is 0. The average Bonchev–Trinajstić information content (AvgIpc) is 0.846. The number of nitrogens with zero attached hydrogens (tertiary/aromatic N) is 7. The molecular formula is C85H74N7O5P. The Balaban J connectivity index is 0.000000228. The largest absolute Gasteiger partial charge is 0.335 e. The highest BCUT2D eigenvalue weighted by molar-refractivity contribution is 7.53. The van der Waals surface area contributed by atoms with Gasteiger partial charge in [0.25, 0.3) is 0 Å². The normalized spacial score (nSPS) is 10.6. The molecule has 13 heteroatoms. The Morgan fingerprint density at radius 1 is 0.398 bits per heavy atom. The third kappa shape index (κ3) is 18.8. The lowest BCUT2D eigenvalue weighted by atomic mass is 10.0. The molecule has 0 N–H and O–H groups in total. The lowest BCUT2D eigenvalue weighted by molar-refractivity contribution is 0.111. The maximum atomic E-state index is 12.5. The SMILES string of the molecule is C.CCOP(=O)(Cc1cc(C#N)c(C=O)cc1C#N)OCC.Cc1ccc(N(c2ccccc2)c2ccc(C=O)cc2)cc1.[C-]#[N+]c1cc(C=Cc2ccc(N(c3ccccc3)c3ccc(C)cc3)cc2)c(C#N)cc1C=Cc1ccc(N(c2ccccc2)c2ccc(C)cc2)cc1. The summed E-state index contributed by atoms with van der Waals surface area (Å²) in [6, 6.07) is 93.0. The molecule has 0 aliphatic rings. The van der Waals surface area contributed by atoms with Gasteiger partial charge in [0.15, 0.2) is 12.0 Å². The van der Waals surface area contributed by atoms with Gasteiger partial charge in [-0.2, -0.15) is 15.8 Å². The smallest absolute Gasteiger partial charge is 0.311 e. The highest BCUT2D eigenvalue weighted by atomic mass is 31.2. The number of benzene rings is 11. The molecule has 0 saturated heterocycles. The first kappa shape index (κ1) is 71.6. The quantitative estimate of drug-likeness (QED) is 0.0292. The van der Waals surface area contributed by atoms with Crippen LogP contribution in [-0.4, -0.2) is 25.8 Å². The second-order valence-corrected chi connectivity index (χ2v) is 24.4. The molecule has 0 amide bonds. The molecule has 0 unspecified atom stereocenters. The van der Waals surface area contributed by atoms with Gasteiger partial charge < -0.3 is 23.7 Å². The van der Waals surface area contributed by atoms with Gasteiger partial charge in [-0.15, -0.1) is 0 Å². The van der Waals surface area contributed by atoms with Crippen LogP contribution in [0.4, 0.5) is 56.9 Å². The van der Waals surface area contributed by atoms with Gasteiger partial charge >= 0.3 is 7.60 Å². The number of nitriles is 3. The fourth-order valence-corrected chi connectivity index (χ4v) is 12.3. The summed E-state index contributed by atoms with van der Waals surface area (Å²) in [7, 11) is -3.38. The van der Waals surface area contributed by atoms with Crippen molar-refractivity contribution in [2.24, 2.45) is 0 Å². The van der Waals surface area contributed by atoms with Crippen molar-refractivity contribution in [3.8, 4) is 18.2 Å². The van der Waals surface area contributed by atoms with Crippen molar-refractivity contribution in [1.29, 1.82) is 15.8 Å². The summed E-state index contributed by atoms with van der Waals surface area (Å²) in [5.74, 6) is 0. The standard InChI is InChI=1S/C50H38N4.C20H17NO.C14H15N2O4P.CH4/c1-37-14-26-46(27-15-37)53(44-10-6-4-7-11-44)48-30-20-39(21-31-48)18-24-41-35-50(52-3)42(34-43(41)36-51)25-19-40-22-32-49(33-23-40)54(45-12-8-5-9-13-45)47-28-16-38(2)17-29-47;1-16-7-11-19(12-8-16)21(18-5-3-2-4-6-18)20-13-9-17(15-22)10-14-20;1-3-19-21(18,20-4-2)10-14-6-11(7-15)13(9-17)5-12(14)8-16;/h4-35H,1-2H3;2-15H,1H3;5-6,9H,3-4,10H2,1-2H3;1H4. The van der Waals surface area contributed by atoms with E-state index in [0.29, 0.717) is 39.8 Å². The van der Waals surface area contributed by atoms with Crippen LogP contribution in [0.2, 0.25) is 0 Å². The average molecular weight is 1300 g/mol. The van der Waals surface area contributed by atoms with Crippen LogP contribution in [0.1, 0.15) is 103 Å². The van der Waals surface area contributed by atoms with Gasteiger partial charge in [0, 0.05) is 62.3 Å². The Labute approximate surface area is 576 Å². The topological polar surface area (TPSA) is 155 Å². The first-order valence-electron chi connectivity index (χ1n) is 31.4. The van der Waals surface area contributed by atoms with Crippen LogP contribution in [0.25, 0.3) is 29.1 Å². The highest BCUT2D eigenvalue weighted by Crippen LogP contribution is 2.52. The van der Waals surface area contributed by atoms with Crippen LogP contribution >= 0.6 is 7.60 Å². The summed E-state index contributed by atoms with van der Waals surface area (Å²) >= 11 is 0. The van der Waals surface area contributed by atoms with E-state index in [0.717, 1.165) is 68.6 Å². The fourth-order valence-electron chi connectivity index (χ4n) is 10.6. The van der Waals surface area contributed by atoms with Crippen molar-refractivity contribution in [2.45, 2.75) is 48.2 Å². The zero-order chi connectivity index (χ0) is 68.5. The van der Waals surface area contributed by atoms with Gasteiger partial charge in [0.05, 0.1) is 60.8 Å². The zero-order valence-electron chi connectivity index (χ0n) is 54.5. The van der Waals surface area contributed by atoms with Gasteiger partial charge in [-0.3, -0.25) is 14.2 Å². The number of rotatable bonds is 21. The maximum Gasteiger partial charge on any atom is 0.335 e. The first-order chi connectivity index (χ1) is 47.3. The van der Waals surface area contributed by atoms with E-state index >= 15 is 0 Å². The minimum atomic E-state index is -3.38. The van der Waals surface area contributed by atoms with E-state index in [4.69, 9.17) is 26.1 Å². The van der Waals surface area contributed by atoms with Crippen LogP contribution in [0.5, 0.6) is 0 Å². The van der Waals surface area contributed by atoms with Crippen LogP contribution in [0.15, 0.2) is 261 Å². The molecule has 0 heterocycles. The number of aldehydes is 2. The Morgan fingerprint density at radius 3 is 1.04 bits per heavy atom. The molecule has 11 aromatic rings. The number of carbonyl (C=O) groups is 2. The van der Waals surface area contributed by atoms with Crippen LogP contribution < -0.4 is 14.7 Å². The lowest BCUT2D eigenvalue weighted by Crippen LogP contribution is -2.09. The lowest BCUT2D eigenvalue weighted by Gasteiger charge is -2.25. The summed E-state index contributed by atoms with van der Waals surface area (Å²) in [6.45, 7) is 18.0. The van der Waals surface area contributed by atoms with Crippen molar-refractivity contribution in [1.82, 2.24) is 0 Å². The maximum absolute atomic E-state index is 12.5. The number of anilines is 9. The number of hydrogen-bond acceptors (Lipinski definition) is 11. The molecule has 12 nitrogen and oxygen atoms in total. The molecule has 0 aromatic heterocycles. The Kier molecular flexibility index (Phi) is 25.8. The second kappa shape index (κ2) is 35.3. The number of aryl methyl sites for hydroxylation is 3. The van der Waals surface area contributed by atoms with E-state index in [2.05, 4.69) is 204 Å². The predicted molar refractivity (Wildman–Crippen MR) is 401 cm³/mol. The molecule has 11 aromatic carbocycles. The van der Waals surface area contributed by atoms with Crippen molar-refractivity contribution in [2.75, 3.05) is 27.9 Å². The van der Waals surface area contributed by atoms with Crippen LogP contribution in [0, 0.1) is 61.3 Å².